The molecule has 3 heterocycles. The molecular formula is C20H24N6O2. The molecule has 0 saturated carbocycles. The second kappa shape index (κ2) is 7.55. The van der Waals surface area contributed by atoms with Gasteiger partial charge in [0, 0.05) is 37.3 Å². The molecule has 0 radical (unpaired) electrons. The zero-order valence-corrected chi connectivity index (χ0v) is 16.1. The van der Waals surface area contributed by atoms with Gasteiger partial charge in [0.15, 0.2) is 5.82 Å². The molecule has 1 aliphatic heterocycles. The zero-order chi connectivity index (χ0) is 19.7. The number of nitrogens with zero attached hydrogens (tertiary/aromatic N) is 5. The van der Waals surface area contributed by atoms with Crippen LogP contribution in [0.3, 0.4) is 0 Å². The fourth-order valence-electron chi connectivity index (χ4n) is 3.89. The molecule has 0 aliphatic carbocycles. The van der Waals surface area contributed by atoms with Crippen LogP contribution in [-0.4, -0.2) is 54.0 Å². The van der Waals surface area contributed by atoms with E-state index in [2.05, 4.69) is 20.4 Å². The van der Waals surface area contributed by atoms with E-state index in [1.807, 2.05) is 53.8 Å². The topological polar surface area (TPSA) is 99.9 Å². The maximum atomic E-state index is 13.4. The Hall–Kier alpha value is -3.00. The summed E-state index contributed by atoms with van der Waals surface area (Å²) in [6.45, 7) is 3.02. The number of hydrogen-bond acceptors (Lipinski definition) is 5. The van der Waals surface area contributed by atoms with Gasteiger partial charge in [-0.2, -0.15) is 5.10 Å². The number of carbonyl (C=O) groups is 1. The van der Waals surface area contributed by atoms with Gasteiger partial charge < -0.3 is 14.6 Å². The van der Waals surface area contributed by atoms with Gasteiger partial charge in [-0.1, -0.05) is 30.3 Å². The van der Waals surface area contributed by atoms with Crippen LogP contribution in [0.2, 0.25) is 0 Å². The van der Waals surface area contributed by atoms with E-state index in [0.717, 1.165) is 29.9 Å². The highest BCUT2D eigenvalue weighted by atomic mass is 16.3. The van der Waals surface area contributed by atoms with E-state index in [9.17, 15) is 9.90 Å². The Kier molecular flexibility index (Phi) is 4.95. The maximum Gasteiger partial charge on any atom is 0.257 e. The number of aromatic amines is 1. The lowest BCUT2D eigenvalue weighted by atomic mass is 9.95. The van der Waals surface area contributed by atoms with Crippen LogP contribution in [0.5, 0.6) is 0 Å². The number of rotatable bonds is 4. The minimum Gasteiger partial charge on any atom is -0.388 e. The largest absolute Gasteiger partial charge is 0.388 e. The Bertz CT molecular complexity index is 978. The third-order valence-electron chi connectivity index (χ3n) is 5.42. The molecule has 1 atom stereocenters. The third-order valence-corrected chi connectivity index (χ3v) is 5.42. The van der Waals surface area contributed by atoms with Gasteiger partial charge in [0.05, 0.1) is 5.56 Å². The number of benzene rings is 1. The summed E-state index contributed by atoms with van der Waals surface area (Å²) in [7, 11) is 1.86. The zero-order valence-electron chi connectivity index (χ0n) is 16.1. The standard InChI is InChI=1S/C20H24N6O2/c1-13-17(18(23-21-13)14-7-4-3-5-8-14)20(28)26-10-6-9-15(11-26)19-24-22-16(12-27)25(19)2/h3-5,7-8,15,27H,6,9-12H2,1-2H3,(H,21,23). The van der Waals surface area contributed by atoms with E-state index < -0.39 is 0 Å². The quantitative estimate of drug-likeness (QED) is 0.721. The summed E-state index contributed by atoms with van der Waals surface area (Å²) >= 11 is 0. The first-order valence-corrected chi connectivity index (χ1v) is 9.48. The Balaban J connectivity index is 1.60. The number of H-pyrrole nitrogens is 1. The highest BCUT2D eigenvalue weighted by Crippen LogP contribution is 2.30. The Morgan fingerprint density at radius 1 is 1.29 bits per heavy atom. The van der Waals surface area contributed by atoms with E-state index in [1.165, 1.54) is 0 Å². The van der Waals surface area contributed by atoms with Gasteiger partial charge in [-0.15, -0.1) is 10.2 Å². The van der Waals surface area contributed by atoms with Gasteiger partial charge >= 0.3 is 0 Å². The normalized spacial score (nSPS) is 17.1. The second-order valence-electron chi connectivity index (χ2n) is 7.22. The minimum absolute atomic E-state index is 0.0145. The van der Waals surface area contributed by atoms with Gasteiger partial charge in [0.1, 0.15) is 18.1 Å². The van der Waals surface area contributed by atoms with Crippen LogP contribution in [0.25, 0.3) is 11.3 Å². The Morgan fingerprint density at radius 2 is 2.07 bits per heavy atom. The van der Waals surface area contributed by atoms with Crippen LogP contribution in [0.1, 0.15) is 46.5 Å². The summed E-state index contributed by atoms with van der Waals surface area (Å²) in [6, 6.07) is 9.75. The number of amides is 1. The molecule has 0 bridgehead atoms. The van der Waals surface area contributed by atoms with Crippen molar-refractivity contribution in [2.24, 2.45) is 7.05 Å². The summed E-state index contributed by atoms with van der Waals surface area (Å²) in [5.74, 6) is 1.44. The number of piperidine rings is 1. The van der Waals surface area contributed by atoms with Crippen molar-refractivity contribution in [2.75, 3.05) is 13.1 Å². The summed E-state index contributed by atoms with van der Waals surface area (Å²) in [5.41, 5.74) is 3.00. The molecule has 8 nitrogen and oxygen atoms in total. The lowest BCUT2D eigenvalue weighted by Gasteiger charge is -2.32. The SMILES string of the molecule is Cc1[nH]nc(-c2ccccc2)c1C(=O)N1CCCC(c2nnc(CO)n2C)C1. The number of nitrogens with one attached hydrogen (secondary N) is 1. The second-order valence-corrected chi connectivity index (χ2v) is 7.22. The van der Waals surface area contributed by atoms with Gasteiger partial charge in [0.25, 0.3) is 5.91 Å². The highest BCUT2D eigenvalue weighted by molar-refractivity contribution is 6.01. The molecule has 2 aromatic heterocycles. The van der Waals surface area contributed by atoms with Crippen LogP contribution in [0.15, 0.2) is 30.3 Å². The van der Waals surface area contributed by atoms with Gasteiger partial charge in [0.2, 0.25) is 0 Å². The number of hydrogen-bond donors (Lipinski definition) is 2. The summed E-state index contributed by atoms with van der Waals surface area (Å²) in [4.78, 5) is 15.3. The van der Waals surface area contributed by atoms with Crippen molar-refractivity contribution in [3.8, 4) is 11.3 Å². The molecule has 1 saturated heterocycles. The predicted molar refractivity (Wildman–Crippen MR) is 104 cm³/mol. The molecule has 1 fully saturated rings. The summed E-state index contributed by atoms with van der Waals surface area (Å²) in [6.07, 6.45) is 1.84. The van der Waals surface area contributed by atoms with Crippen molar-refractivity contribution < 1.29 is 9.90 Å². The summed E-state index contributed by atoms with van der Waals surface area (Å²) < 4.78 is 1.83. The van der Waals surface area contributed by atoms with Crippen LogP contribution in [0, 0.1) is 6.92 Å². The predicted octanol–water partition coefficient (Wildman–Crippen LogP) is 2.03. The fourth-order valence-corrected chi connectivity index (χ4v) is 3.89. The maximum absolute atomic E-state index is 13.4. The first-order valence-electron chi connectivity index (χ1n) is 9.48. The fraction of sp³-hybridized carbons (Fsp3) is 0.400. The molecule has 8 heteroatoms. The van der Waals surface area contributed by atoms with Crippen LogP contribution < -0.4 is 0 Å². The highest BCUT2D eigenvalue weighted by Gasteiger charge is 2.31. The average Bonchev–Trinajstić information content (AvgIpc) is 3.30. The van der Waals surface area contributed by atoms with Crippen molar-refractivity contribution in [1.29, 1.82) is 0 Å². The molecule has 2 N–H and O–H groups in total. The third kappa shape index (κ3) is 3.20. The number of carbonyl (C=O) groups excluding carboxylic acids is 1. The molecule has 28 heavy (non-hydrogen) atoms. The molecule has 146 valence electrons. The molecule has 1 unspecified atom stereocenters. The van der Waals surface area contributed by atoms with Crippen molar-refractivity contribution in [1.82, 2.24) is 29.9 Å². The smallest absolute Gasteiger partial charge is 0.257 e. The molecule has 0 spiro atoms. The summed E-state index contributed by atoms with van der Waals surface area (Å²) in [5, 5.41) is 25.0. The molecule has 1 aromatic carbocycles. The van der Waals surface area contributed by atoms with E-state index >= 15 is 0 Å². The number of aromatic nitrogens is 5. The van der Waals surface area contributed by atoms with Crippen molar-refractivity contribution >= 4 is 5.91 Å². The molecular weight excluding hydrogens is 356 g/mol. The van der Waals surface area contributed by atoms with Crippen LogP contribution in [-0.2, 0) is 13.7 Å². The van der Waals surface area contributed by atoms with Gasteiger partial charge in [-0.3, -0.25) is 9.89 Å². The molecule has 4 rings (SSSR count). The molecule has 1 amide bonds. The van der Waals surface area contributed by atoms with Gasteiger partial charge in [-0.25, -0.2) is 0 Å². The first-order chi connectivity index (χ1) is 13.6. The number of likely N-dealkylation sites (tertiary alicyclic amines) is 1. The van der Waals surface area contributed by atoms with E-state index in [-0.39, 0.29) is 18.4 Å². The van der Waals surface area contributed by atoms with Crippen molar-refractivity contribution in [3.05, 3.63) is 53.2 Å². The Labute approximate surface area is 163 Å². The molecule has 3 aromatic rings. The monoisotopic (exact) mass is 380 g/mol. The number of aliphatic hydroxyl groups is 1. The first kappa shape index (κ1) is 18.4. The lowest BCUT2D eigenvalue weighted by Crippen LogP contribution is -2.40. The van der Waals surface area contributed by atoms with Gasteiger partial charge in [-0.05, 0) is 19.8 Å². The Morgan fingerprint density at radius 3 is 2.79 bits per heavy atom. The molecule has 1 aliphatic rings. The van der Waals surface area contributed by atoms with E-state index in [0.29, 0.717) is 30.2 Å². The van der Waals surface area contributed by atoms with E-state index in [4.69, 9.17) is 0 Å². The number of aliphatic hydroxyl groups excluding tert-OH is 1. The van der Waals surface area contributed by atoms with Crippen molar-refractivity contribution in [2.45, 2.75) is 32.3 Å². The van der Waals surface area contributed by atoms with Crippen molar-refractivity contribution in [3.63, 3.8) is 0 Å². The van der Waals surface area contributed by atoms with E-state index in [1.54, 1.807) is 0 Å². The number of aryl methyl sites for hydroxylation is 1. The average molecular weight is 380 g/mol. The van der Waals surface area contributed by atoms with Crippen LogP contribution >= 0.6 is 0 Å². The van der Waals surface area contributed by atoms with Crippen LogP contribution in [0.4, 0.5) is 0 Å². The minimum atomic E-state index is -0.145. The lowest BCUT2D eigenvalue weighted by molar-refractivity contribution is 0.0703.